The van der Waals surface area contributed by atoms with Crippen LogP contribution in [0, 0.1) is 0 Å². The molecule has 8 heteroatoms. The van der Waals surface area contributed by atoms with Gasteiger partial charge in [0.2, 0.25) is 0 Å². The summed E-state index contributed by atoms with van der Waals surface area (Å²) in [6.45, 7) is 2.61. The topological polar surface area (TPSA) is 90.9 Å². The summed E-state index contributed by atoms with van der Waals surface area (Å²) in [6.07, 6.45) is 1.50. The molecule has 0 spiro atoms. The highest BCUT2D eigenvalue weighted by atomic mass is 16.5. The first kappa shape index (κ1) is 23.4. The van der Waals surface area contributed by atoms with Crippen LogP contribution in [0.5, 0.6) is 0 Å². The van der Waals surface area contributed by atoms with Crippen molar-refractivity contribution in [1.29, 1.82) is 0 Å². The number of hydrogen-bond donors (Lipinski definition) is 0. The normalized spacial score (nSPS) is 13.4. The van der Waals surface area contributed by atoms with Gasteiger partial charge in [-0.1, -0.05) is 48.5 Å². The maximum Gasteiger partial charge on any atom is 0.340 e. The van der Waals surface area contributed by atoms with Gasteiger partial charge in [0.05, 0.1) is 42.7 Å². The van der Waals surface area contributed by atoms with Crippen molar-refractivity contribution >= 4 is 28.7 Å². The molecule has 2 aromatic heterocycles. The Bertz CT molecular complexity index is 1380. The van der Waals surface area contributed by atoms with Gasteiger partial charge in [0.15, 0.2) is 0 Å². The van der Waals surface area contributed by atoms with Crippen molar-refractivity contribution < 1.29 is 23.8 Å². The predicted octanol–water partition coefficient (Wildman–Crippen LogP) is 4.28. The van der Waals surface area contributed by atoms with Crippen LogP contribution in [0.25, 0.3) is 22.0 Å². The maximum absolute atomic E-state index is 12.9. The fourth-order valence-corrected chi connectivity index (χ4v) is 4.30. The van der Waals surface area contributed by atoms with E-state index in [1.54, 1.807) is 12.1 Å². The van der Waals surface area contributed by atoms with Crippen molar-refractivity contribution in [1.82, 2.24) is 9.97 Å². The van der Waals surface area contributed by atoms with Crippen LogP contribution in [0.1, 0.15) is 26.4 Å². The fraction of sp³-hybridized carbons (Fsp3) is 0.214. The minimum atomic E-state index is -0.553. The van der Waals surface area contributed by atoms with Crippen molar-refractivity contribution in [2.45, 2.75) is 6.61 Å². The third kappa shape index (κ3) is 4.76. The van der Waals surface area contributed by atoms with Crippen LogP contribution in [-0.4, -0.2) is 55.3 Å². The summed E-state index contributed by atoms with van der Waals surface area (Å²) >= 11 is 0. The Kier molecular flexibility index (Phi) is 6.86. The standard InChI is InChI=1S/C28H25N3O5/c1-34-28(33)26-23(30-22-10-6-5-9-21(22)25(26)19-7-3-2-4-8-19)18-36-27(32)20-11-12-24(29-17-20)31-13-15-35-16-14-31/h2-12,17H,13-16,18H2,1H3. The number of pyridine rings is 2. The molecule has 1 aliphatic heterocycles. The van der Waals surface area contributed by atoms with Gasteiger partial charge >= 0.3 is 11.9 Å². The third-order valence-electron chi connectivity index (χ3n) is 6.08. The Morgan fingerprint density at radius 3 is 2.42 bits per heavy atom. The summed E-state index contributed by atoms with van der Waals surface area (Å²) in [5, 5.41) is 0.807. The van der Waals surface area contributed by atoms with E-state index >= 15 is 0 Å². The van der Waals surface area contributed by atoms with Crippen molar-refractivity contribution in [2.24, 2.45) is 0 Å². The number of fused-ring (bicyclic) bond motifs is 1. The quantitative estimate of drug-likeness (QED) is 0.376. The molecule has 2 aromatic carbocycles. The average molecular weight is 484 g/mol. The summed E-state index contributed by atoms with van der Waals surface area (Å²) in [6, 6.07) is 20.6. The first-order valence-electron chi connectivity index (χ1n) is 11.7. The van der Waals surface area contributed by atoms with Gasteiger partial charge in [0, 0.05) is 30.2 Å². The van der Waals surface area contributed by atoms with Gasteiger partial charge in [-0.15, -0.1) is 0 Å². The van der Waals surface area contributed by atoms with Gasteiger partial charge in [-0.2, -0.15) is 0 Å². The molecular formula is C28H25N3O5. The first-order valence-corrected chi connectivity index (χ1v) is 11.7. The summed E-state index contributed by atoms with van der Waals surface area (Å²) in [4.78, 5) is 37.0. The van der Waals surface area contributed by atoms with Gasteiger partial charge < -0.3 is 19.1 Å². The van der Waals surface area contributed by atoms with Gasteiger partial charge in [-0.05, 0) is 23.8 Å². The van der Waals surface area contributed by atoms with Crippen LogP contribution < -0.4 is 4.90 Å². The number of esters is 2. The number of morpholine rings is 1. The largest absolute Gasteiger partial charge is 0.465 e. The lowest BCUT2D eigenvalue weighted by molar-refractivity contribution is 0.0455. The lowest BCUT2D eigenvalue weighted by atomic mass is 9.94. The highest BCUT2D eigenvalue weighted by Gasteiger charge is 2.24. The van der Waals surface area contributed by atoms with Crippen LogP contribution in [0.3, 0.4) is 0 Å². The molecule has 1 fully saturated rings. The first-order chi connectivity index (χ1) is 17.7. The molecule has 0 saturated carbocycles. The third-order valence-corrected chi connectivity index (χ3v) is 6.08. The number of para-hydroxylation sites is 1. The van der Waals surface area contributed by atoms with E-state index in [-0.39, 0.29) is 12.2 Å². The van der Waals surface area contributed by atoms with E-state index in [0.717, 1.165) is 29.9 Å². The zero-order valence-electron chi connectivity index (χ0n) is 19.8. The fourth-order valence-electron chi connectivity index (χ4n) is 4.30. The minimum Gasteiger partial charge on any atom is -0.465 e. The number of carbonyl (C=O) groups excluding carboxylic acids is 2. The second-order valence-corrected chi connectivity index (χ2v) is 8.26. The number of hydrogen-bond acceptors (Lipinski definition) is 8. The van der Waals surface area contributed by atoms with E-state index in [4.69, 9.17) is 14.2 Å². The maximum atomic E-state index is 12.9. The Balaban J connectivity index is 1.45. The molecule has 0 unspecified atom stereocenters. The highest BCUT2D eigenvalue weighted by Crippen LogP contribution is 2.34. The molecule has 5 rings (SSSR count). The number of rotatable bonds is 6. The molecule has 0 N–H and O–H groups in total. The van der Waals surface area contributed by atoms with Crippen LogP contribution in [0.4, 0.5) is 5.82 Å². The van der Waals surface area contributed by atoms with E-state index in [0.29, 0.717) is 35.6 Å². The van der Waals surface area contributed by atoms with E-state index in [1.807, 2.05) is 54.6 Å². The molecule has 3 heterocycles. The van der Waals surface area contributed by atoms with Gasteiger partial charge in [0.1, 0.15) is 12.4 Å². The van der Waals surface area contributed by atoms with Crippen molar-refractivity contribution in [3.05, 3.63) is 89.7 Å². The lowest BCUT2D eigenvalue weighted by Crippen LogP contribution is -2.36. The van der Waals surface area contributed by atoms with E-state index in [1.165, 1.54) is 13.3 Å². The number of aromatic nitrogens is 2. The smallest absolute Gasteiger partial charge is 0.340 e. The molecule has 0 bridgehead atoms. The van der Waals surface area contributed by atoms with E-state index in [9.17, 15) is 9.59 Å². The van der Waals surface area contributed by atoms with Crippen molar-refractivity contribution in [3.63, 3.8) is 0 Å². The minimum absolute atomic E-state index is 0.195. The molecule has 0 radical (unpaired) electrons. The average Bonchev–Trinajstić information content (AvgIpc) is 2.95. The zero-order valence-corrected chi connectivity index (χ0v) is 19.8. The predicted molar refractivity (Wildman–Crippen MR) is 135 cm³/mol. The zero-order chi connectivity index (χ0) is 24.9. The Labute approximate surface area is 208 Å². The lowest BCUT2D eigenvalue weighted by Gasteiger charge is -2.27. The molecule has 8 nitrogen and oxygen atoms in total. The number of nitrogens with zero attached hydrogens (tertiary/aromatic N) is 3. The van der Waals surface area contributed by atoms with Gasteiger partial charge in [-0.25, -0.2) is 19.6 Å². The molecule has 36 heavy (non-hydrogen) atoms. The van der Waals surface area contributed by atoms with Gasteiger partial charge in [0.25, 0.3) is 0 Å². The van der Waals surface area contributed by atoms with Crippen LogP contribution >= 0.6 is 0 Å². The Morgan fingerprint density at radius 1 is 0.944 bits per heavy atom. The van der Waals surface area contributed by atoms with Crippen LogP contribution in [0.2, 0.25) is 0 Å². The van der Waals surface area contributed by atoms with E-state index in [2.05, 4.69) is 14.9 Å². The SMILES string of the molecule is COC(=O)c1c(COC(=O)c2ccc(N3CCOCC3)nc2)nc2ccccc2c1-c1ccccc1. The molecule has 182 valence electrons. The second kappa shape index (κ2) is 10.5. The van der Waals surface area contributed by atoms with Crippen molar-refractivity contribution in [2.75, 3.05) is 38.3 Å². The second-order valence-electron chi connectivity index (χ2n) is 8.26. The number of anilines is 1. The molecule has 1 aliphatic rings. The van der Waals surface area contributed by atoms with Crippen molar-refractivity contribution in [3.8, 4) is 11.1 Å². The van der Waals surface area contributed by atoms with E-state index < -0.39 is 11.9 Å². The number of methoxy groups -OCH3 is 1. The summed E-state index contributed by atoms with van der Waals surface area (Å²) < 4.78 is 16.1. The summed E-state index contributed by atoms with van der Waals surface area (Å²) in [5.74, 6) is -0.315. The molecule has 0 aliphatic carbocycles. The summed E-state index contributed by atoms with van der Waals surface area (Å²) in [5.41, 5.74) is 3.13. The molecule has 0 amide bonds. The Hall–Kier alpha value is -4.30. The molecule has 1 saturated heterocycles. The Morgan fingerprint density at radius 2 is 1.69 bits per heavy atom. The number of benzene rings is 2. The number of ether oxygens (including phenoxy) is 3. The number of carbonyl (C=O) groups is 2. The van der Waals surface area contributed by atoms with Gasteiger partial charge in [-0.3, -0.25) is 0 Å². The molecule has 0 atom stereocenters. The highest BCUT2D eigenvalue weighted by molar-refractivity contribution is 6.07. The van der Waals surface area contributed by atoms with Crippen LogP contribution in [0.15, 0.2) is 72.9 Å². The summed E-state index contributed by atoms with van der Waals surface area (Å²) in [7, 11) is 1.32. The molecular weight excluding hydrogens is 458 g/mol. The monoisotopic (exact) mass is 483 g/mol. The molecule has 4 aromatic rings. The van der Waals surface area contributed by atoms with Crippen LogP contribution in [-0.2, 0) is 20.8 Å².